The summed E-state index contributed by atoms with van der Waals surface area (Å²) in [6, 6.07) is 17.1. The van der Waals surface area contributed by atoms with Crippen molar-refractivity contribution >= 4 is 11.0 Å². The second-order valence-corrected chi connectivity index (χ2v) is 5.40. The zero-order chi connectivity index (χ0) is 14.4. The maximum Gasteiger partial charge on any atom is 0.193 e. The van der Waals surface area contributed by atoms with E-state index >= 15 is 0 Å². The van der Waals surface area contributed by atoms with Gasteiger partial charge in [-0.2, -0.15) is 0 Å². The van der Waals surface area contributed by atoms with Crippen molar-refractivity contribution in [2.24, 2.45) is 0 Å². The minimum atomic E-state index is -0.162. The first kappa shape index (κ1) is 12.4. The molecule has 4 rings (SSSR count). The Morgan fingerprint density at radius 2 is 1.71 bits per heavy atom. The molecule has 1 aliphatic heterocycles. The van der Waals surface area contributed by atoms with Gasteiger partial charge in [-0.05, 0) is 24.6 Å². The second-order valence-electron chi connectivity index (χ2n) is 5.40. The van der Waals surface area contributed by atoms with E-state index in [1.54, 1.807) is 12.1 Å². The van der Waals surface area contributed by atoms with Gasteiger partial charge in [0.1, 0.15) is 23.6 Å². The van der Waals surface area contributed by atoms with Gasteiger partial charge < -0.3 is 9.15 Å². The Labute approximate surface area is 121 Å². The first-order valence-corrected chi connectivity index (χ1v) is 6.97. The third-order valence-corrected chi connectivity index (χ3v) is 3.83. The van der Waals surface area contributed by atoms with Gasteiger partial charge in [-0.15, -0.1) is 0 Å². The molecule has 3 nitrogen and oxygen atoms in total. The lowest BCUT2D eigenvalue weighted by Gasteiger charge is -2.00. The molecule has 2 aromatic carbocycles. The Balaban J connectivity index is 1.69. The first-order chi connectivity index (χ1) is 10.2. The Morgan fingerprint density at radius 3 is 2.52 bits per heavy atom. The largest absolute Gasteiger partial charge is 0.458 e. The minimum absolute atomic E-state index is 0.0186. The van der Waals surface area contributed by atoms with Gasteiger partial charge in [0.05, 0.1) is 5.39 Å². The zero-order valence-corrected chi connectivity index (χ0v) is 11.6. The predicted molar refractivity (Wildman–Crippen MR) is 80.2 cm³/mol. The average molecular weight is 278 g/mol. The zero-order valence-electron chi connectivity index (χ0n) is 11.6. The smallest absolute Gasteiger partial charge is 0.193 e. The molecule has 0 N–H and O–H groups in total. The number of para-hydroxylation sites is 1. The molecule has 1 saturated heterocycles. The molecule has 0 spiro atoms. The van der Waals surface area contributed by atoms with Crippen LogP contribution in [0.3, 0.4) is 0 Å². The summed E-state index contributed by atoms with van der Waals surface area (Å²) in [4.78, 5) is 12.1. The van der Waals surface area contributed by atoms with Gasteiger partial charge >= 0.3 is 0 Å². The van der Waals surface area contributed by atoms with E-state index < -0.39 is 0 Å². The molecule has 104 valence electrons. The number of fused-ring (bicyclic) bond motifs is 1. The van der Waals surface area contributed by atoms with Gasteiger partial charge in [-0.25, -0.2) is 0 Å². The quantitative estimate of drug-likeness (QED) is 0.667. The van der Waals surface area contributed by atoms with Crippen molar-refractivity contribution in [3.8, 4) is 0 Å². The summed E-state index contributed by atoms with van der Waals surface area (Å²) in [6.45, 7) is 2.05. The molecule has 0 bridgehead atoms. The van der Waals surface area contributed by atoms with Gasteiger partial charge in [0.2, 0.25) is 0 Å². The van der Waals surface area contributed by atoms with E-state index in [1.165, 1.54) is 5.56 Å². The highest BCUT2D eigenvalue weighted by atomic mass is 16.6. The van der Waals surface area contributed by atoms with E-state index in [0.717, 1.165) is 5.56 Å². The van der Waals surface area contributed by atoms with Crippen molar-refractivity contribution in [3.63, 3.8) is 0 Å². The van der Waals surface area contributed by atoms with Crippen molar-refractivity contribution in [2.45, 2.75) is 19.1 Å². The van der Waals surface area contributed by atoms with Crippen LogP contribution >= 0.6 is 0 Å². The van der Waals surface area contributed by atoms with Gasteiger partial charge in [0.15, 0.2) is 5.43 Å². The third-order valence-electron chi connectivity index (χ3n) is 3.83. The van der Waals surface area contributed by atoms with Crippen molar-refractivity contribution in [1.29, 1.82) is 0 Å². The standard InChI is InChI=1S/C18H14O3/c1-11-6-8-12(9-7-11)17-18(21-17)16-10-14(19)13-4-2-3-5-15(13)20-16/h2-10,17-18H,1H3/t17-,18+/m1/s1. The first-order valence-electron chi connectivity index (χ1n) is 6.97. The lowest BCUT2D eigenvalue weighted by molar-refractivity contribution is 0.352. The van der Waals surface area contributed by atoms with Crippen LogP contribution in [0.2, 0.25) is 0 Å². The van der Waals surface area contributed by atoms with Crippen LogP contribution in [-0.2, 0) is 4.74 Å². The van der Waals surface area contributed by atoms with Crippen LogP contribution in [0.1, 0.15) is 29.1 Å². The number of rotatable bonds is 2. The summed E-state index contributed by atoms with van der Waals surface area (Å²) in [5, 5.41) is 0.605. The van der Waals surface area contributed by atoms with E-state index in [2.05, 4.69) is 31.2 Å². The molecular weight excluding hydrogens is 264 g/mol. The molecule has 3 aromatic rings. The Morgan fingerprint density at radius 1 is 0.952 bits per heavy atom. The van der Waals surface area contributed by atoms with Crippen LogP contribution < -0.4 is 5.43 Å². The summed E-state index contributed by atoms with van der Waals surface area (Å²) < 4.78 is 11.5. The number of ether oxygens (including phenoxy) is 1. The molecule has 2 atom stereocenters. The molecule has 1 aromatic heterocycles. The molecule has 21 heavy (non-hydrogen) atoms. The number of hydrogen-bond donors (Lipinski definition) is 0. The summed E-state index contributed by atoms with van der Waals surface area (Å²) >= 11 is 0. The highest BCUT2D eigenvalue weighted by molar-refractivity contribution is 5.76. The van der Waals surface area contributed by atoms with E-state index in [1.807, 2.05) is 18.2 Å². The summed E-state index contributed by atoms with van der Waals surface area (Å²) in [6.07, 6.45) is -0.181. The second kappa shape index (κ2) is 4.57. The Hall–Kier alpha value is -2.39. The number of hydrogen-bond acceptors (Lipinski definition) is 3. The molecule has 0 radical (unpaired) electrons. The highest BCUT2D eigenvalue weighted by Crippen LogP contribution is 2.50. The van der Waals surface area contributed by atoms with Crippen LogP contribution in [0.15, 0.2) is 63.8 Å². The molecule has 0 aliphatic carbocycles. The van der Waals surface area contributed by atoms with Crippen LogP contribution in [0.25, 0.3) is 11.0 Å². The Bertz CT molecular complexity index is 862. The maximum atomic E-state index is 12.1. The highest BCUT2D eigenvalue weighted by Gasteiger charge is 2.43. The van der Waals surface area contributed by atoms with E-state index in [0.29, 0.717) is 16.7 Å². The minimum Gasteiger partial charge on any atom is -0.458 e. The fraction of sp³-hybridized carbons (Fsp3) is 0.167. The monoisotopic (exact) mass is 278 g/mol. The van der Waals surface area contributed by atoms with Crippen molar-refractivity contribution in [1.82, 2.24) is 0 Å². The molecule has 1 fully saturated rings. The lowest BCUT2D eigenvalue weighted by atomic mass is 10.1. The number of aryl methyl sites for hydroxylation is 1. The average Bonchev–Trinajstić information content (AvgIpc) is 3.28. The van der Waals surface area contributed by atoms with E-state index in [-0.39, 0.29) is 17.6 Å². The van der Waals surface area contributed by atoms with E-state index in [9.17, 15) is 4.79 Å². The van der Waals surface area contributed by atoms with Crippen molar-refractivity contribution in [2.75, 3.05) is 0 Å². The van der Waals surface area contributed by atoms with Crippen LogP contribution in [0.4, 0.5) is 0 Å². The molecule has 0 saturated carbocycles. The van der Waals surface area contributed by atoms with Crippen LogP contribution in [-0.4, -0.2) is 0 Å². The summed E-state index contributed by atoms with van der Waals surface area (Å²) in [7, 11) is 0. The van der Waals surface area contributed by atoms with Crippen LogP contribution in [0.5, 0.6) is 0 Å². The normalized spacial score (nSPS) is 20.6. The maximum absolute atomic E-state index is 12.1. The fourth-order valence-electron chi connectivity index (χ4n) is 2.60. The lowest BCUT2D eigenvalue weighted by Crippen LogP contribution is -2.01. The molecule has 0 amide bonds. The summed E-state index contributed by atoms with van der Waals surface area (Å²) in [5.74, 6) is 0.601. The molecular formula is C18H14O3. The van der Waals surface area contributed by atoms with E-state index in [4.69, 9.17) is 9.15 Å². The van der Waals surface area contributed by atoms with Crippen LogP contribution in [0, 0.1) is 6.92 Å². The van der Waals surface area contributed by atoms with Crippen molar-refractivity contribution < 1.29 is 9.15 Å². The van der Waals surface area contributed by atoms with Gasteiger partial charge in [-0.3, -0.25) is 4.79 Å². The number of epoxide rings is 1. The topological polar surface area (TPSA) is 42.7 Å². The SMILES string of the molecule is Cc1ccc([C@H]2O[C@H]2c2cc(=O)c3ccccc3o2)cc1. The number of benzene rings is 2. The fourth-order valence-corrected chi connectivity index (χ4v) is 2.60. The van der Waals surface area contributed by atoms with Crippen molar-refractivity contribution in [3.05, 3.63) is 81.7 Å². The molecule has 1 aliphatic rings. The summed E-state index contributed by atoms with van der Waals surface area (Å²) in [5.41, 5.74) is 2.91. The molecule has 0 unspecified atom stereocenters. The van der Waals surface area contributed by atoms with Gasteiger partial charge in [0, 0.05) is 6.07 Å². The van der Waals surface area contributed by atoms with Gasteiger partial charge in [0.25, 0.3) is 0 Å². The van der Waals surface area contributed by atoms with Gasteiger partial charge in [-0.1, -0.05) is 42.0 Å². The third kappa shape index (κ3) is 2.16. The molecule has 2 heterocycles. The predicted octanol–water partition coefficient (Wildman–Crippen LogP) is 3.91. The molecule has 3 heteroatoms. The Kier molecular flexibility index (Phi) is 2.69.